The average Bonchev–Trinajstić information content (AvgIpc) is 2.64. The Kier molecular flexibility index (Phi) is 5.34. The van der Waals surface area contributed by atoms with Gasteiger partial charge in [-0.3, -0.25) is 5.43 Å². The molecule has 0 unspecified atom stereocenters. The third-order valence-electron chi connectivity index (χ3n) is 3.76. The third kappa shape index (κ3) is 4.15. The van der Waals surface area contributed by atoms with Crippen molar-refractivity contribution in [2.45, 2.75) is 0 Å². The van der Waals surface area contributed by atoms with Gasteiger partial charge in [0, 0.05) is 37.3 Å². The molecule has 2 aromatic carbocycles. The molecular formula is C18H20N4S. The van der Waals surface area contributed by atoms with Crippen molar-refractivity contribution >= 4 is 23.0 Å². The zero-order chi connectivity index (χ0) is 15.9. The molecular weight excluding hydrogens is 304 g/mol. The Balaban J connectivity index is 1.82. The van der Waals surface area contributed by atoms with E-state index in [9.17, 15) is 0 Å². The van der Waals surface area contributed by atoms with E-state index in [1.165, 1.54) is 0 Å². The van der Waals surface area contributed by atoms with Crippen molar-refractivity contribution in [1.82, 2.24) is 15.6 Å². The summed E-state index contributed by atoms with van der Waals surface area (Å²) in [5.41, 5.74) is 6.09. The highest BCUT2D eigenvalue weighted by molar-refractivity contribution is 7.80. The Labute approximate surface area is 142 Å². The molecule has 0 atom stereocenters. The fourth-order valence-corrected chi connectivity index (χ4v) is 2.76. The number of hydrazone groups is 1. The standard InChI is InChI=1S/C18H20N4S/c23-18(22-13-11-19-12-14-22)21-20-17(15-7-3-1-4-8-15)16-9-5-2-6-10-16/h1-10,19H,11-14H2,(H,21,23). The maximum absolute atomic E-state index is 5.47. The van der Waals surface area contributed by atoms with Gasteiger partial charge in [-0.25, -0.2) is 0 Å². The molecule has 5 heteroatoms. The number of benzene rings is 2. The zero-order valence-corrected chi connectivity index (χ0v) is 13.7. The maximum atomic E-state index is 5.47. The van der Waals surface area contributed by atoms with Crippen LogP contribution in [0.1, 0.15) is 11.1 Å². The molecule has 4 nitrogen and oxygen atoms in total. The highest BCUT2D eigenvalue weighted by Crippen LogP contribution is 2.10. The molecule has 3 rings (SSSR count). The third-order valence-corrected chi connectivity index (χ3v) is 4.11. The number of nitrogens with zero attached hydrogens (tertiary/aromatic N) is 2. The van der Waals surface area contributed by atoms with Crippen LogP contribution >= 0.6 is 12.2 Å². The van der Waals surface area contributed by atoms with Gasteiger partial charge in [-0.15, -0.1) is 0 Å². The lowest BCUT2D eigenvalue weighted by Gasteiger charge is -2.29. The first kappa shape index (κ1) is 15.6. The van der Waals surface area contributed by atoms with Gasteiger partial charge in [0.2, 0.25) is 0 Å². The summed E-state index contributed by atoms with van der Waals surface area (Å²) >= 11 is 5.47. The van der Waals surface area contributed by atoms with Gasteiger partial charge in [0.05, 0.1) is 5.71 Å². The molecule has 2 aromatic rings. The van der Waals surface area contributed by atoms with Gasteiger partial charge in [-0.1, -0.05) is 60.7 Å². The molecule has 1 saturated heterocycles. The van der Waals surface area contributed by atoms with E-state index < -0.39 is 0 Å². The summed E-state index contributed by atoms with van der Waals surface area (Å²) in [5, 5.41) is 8.60. The van der Waals surface area contributed by atoms with E-state index in [0.717, 1.165) is 43.0 Å². The molecule has 0 spiro atoms. The Morgan fingerprint density at radius 2 is 1.43 bits per heavy atom. The van der Waals surface area contributed by atoms with Crippen molar-refractivity contribution < 1.29 is 0 Å². The molecule has 0 saturated carbocycles. The van der Waals surface area contributed by atoms with E-state index in [1.807, 2.05) is 36.4 Å². The number of hydrogen-bond acceptors (Lipinski definition) is 3. The predicted molar refractivity (Wildman–Crippen MR) is 98.7 cm³/mol. The maximum Gasteiger partial charge on any atom is 0.189 e. The second-order valence-electron chi connectivity index (χ2n) is 5.35. The molecule has 23 heavy (non-hydrogen) atoms. The van der Waals surface area contributed by atoms with Crippen LogP contribution in [0.5, 0.6) is 0 Å². The van der Waals surface area contributed by atoms with Gasteiger partial charge in [0.1, 0.15) is 0 Å². The minimum Gasteiger partial charge on any atom is -0.345 e. The summed E-state index contributed by atoms with van der Waals surface area (Å²) in [6.07, 6.45) is 0. The second-order valence-corrected chi connectivity index (χ2v) is 5.73. The highest BCUT2D eigenvalue weighted by Gasteiger charge is 2.13. The van der Waals surface area contributed by atoms with Crippen molar-refractivity contribution in [3.05, 3.63) is 71.8 Å². The number of piperazine rings is 1. The molecule has 1 aliphatic rings. The highest BCUT2D eigenvalue weighted by atomic mass is 32.1. The first-order valence-corrected chi connectivity index (χ1v) is 8.19. The topological polar surface area (TPSA) is 39.7 Å². The van der Waals surface area contributed by atoms with Crippen molar-refractivity contribution in [3.63, 3.8) is 0 Å². The van der Waals surface area contributed by atoms with E-state index in [2.05, 4.69) is 45.0 Å². The van der Waals surface area contributed by atoms with Crippen LogP contribution in [-0.2, 0) is 0 Å². The molecule has 0 amide bonds. The fourth-order valence-electron chi connectivity index (χ4n) is 2.53. The lowest BCUT2D eigenvalue weighted by Crippen LogP contribution is -2.49. The minimum atomic E-state index is 0.677. The van der Waals surface area contributed by atoms with Crippen molar-refractivity contribution in [2.75, 3.05) is 26.2 Å². The molecule has 1 heterocycles. The van der Waals surface area contributed by atoms with Crippen LogP contribution in [0.25, 0.3) is 0 Å². The van der Waals surface area contributed by atoms with Crippen LogP contribution in [0.3, 0.4) is 0 Å². The lowest BCUT2D eigenvalue weighted by atomic mass is 10.0. The summed E-state index contributed by atoms with van der Waals surface area (Å²) in [6, 6.07) is 20.3. The number of nitrogens with one attached hydrogen (secondary N) is 2. The van der Waals surface area contributed by atoms with E-state index in [-0.39, 0.29) is 0 Å². The molecule has 2 N–H and O–H groups in total. The van der Waals surface area contributed by atoms with Gasteiger partial charge >= 0.3 is 0 Å². The SMILES string of the molecule is S=C(NN=C(c1ccccc1)c1ccccc1)N1CCNCC1. The zero-order valence-electron chi connectivity index (χ0n) is 12.9. The van der Waals surface area contributed by atoms with Crippen molar-refractivity contribution in [1.29, 1.82) is 0 Å². The van der Waals surface area contributed by atoms with Crippen LogP contribution in [0, 0.1) is 0 Å². The van der Waals surface area contributed by atoms with Gasteiger partial charge in [-0.05, 0) is 12.2 Å². The number of hydrogen-bond donors (Lipinski definition) is 2. The number of thiocarbonyl (C=S) groups is 1. The Bertz CT molecular complexity index is 622. The lowest BCUT2D eigenvalue weighted by molar-refractivity contribution is 0.353. The summed E-state index contributed by atoms with van der Waals surface area (Å²) in [5.74, 6) is 0. The average molecular weight is 324 g/mol. The summed E-state index contributed by atoms with van der Waals surface area (Å²) < 4.78 is 0. The summed E-state index contributed by atoms with van der Waals surface area (Å²) in [7, 11) is 0. The van der Waals surface area contributed by atoms with Crippen molar-refractivity contribution in [2.24, 2.45) is 5.10 Å². The minimum absolute atomic E-state index is 0.677. The van der Waals surface area contributed by atoms with Gasteiger partial charge in [0.25, 0.3) is 0 Å². The van der Waals surface area contributed by atoms with Crippen molar-refractivity contribution in [3.8, 4) is 0 Å². The van der Waals surface area contributed by atoms with Gasteiger partial charge < -0.3 is 10.2 Å². The first-order chi connectivity index (χ1) is 11.3. The first-order valence-electron chi connectivity index (χ1n) is 7.79. The van der Waals surface area contributed by atoms with E-state index in [0.29, 0.717) is 5.11 Å². The van der Waals surface area contributed by atoms with Gasteiger partial charge in [0.15, 0.2) is 5.11 Å². The predicted octanol–water partition coefficient (Wildman–Crippen LogP) is 2.22. The normalized spacial score (nSPS) is 14.2. The van der Waals surface area contributed by atoms with E-state index in [1.54, 1.807) is 0 Å². The molecule has 1 fully saturated rings. The number of rotatable bonds is 3. The second kappa shape index (κ2) is 7.85. The Morgan fingerprint density at radius 1 is 0.913 bits per heavy atom. The van der Waals surface area contributed by atoms with E-state index >= 15 is 0 Å². The largest absolute Gasteiger partial charge is 0.345 e. The van der Waals surface area contributed by atoms with Crippen LogP contribution < -0.4 is 10.7 Å². The quantitative estimate of drug-likeness (QED) is 0.516. The Hall–Kier alpha value is -2.24. The van der Waals surface area contributed by atoms with Crippen LogP contribution in [0.15, 0.2) is 65.8 Å². The summed E-state index contributed by atoms with van der Waals surface area (Å²) in [6.45, 7) is 3.73. The molecule has 0 aromatic heterocycles. The van der Waals surface area contributed by atoms with Crippen LogP contribution in [0.4, 0.5) is 0 Å². The van der Waals surface area contributed by atoms with Gasteiger partial charge in [-0.2, -0.15) is 5.10 Å². The monoisotopic (exact) mass is 324 g/mol. The molecule has 1 aliphatic heterocycles. The fraction of sp³-hybridized carbons (Fsp3) is 0.222. The molecule has 0 aliphatic carbocycles. The summed E-state index contributed by atoms with van der Waals surface area (Å²) in [4.78, 5) is 2.14. The Morgan fingerprint density at radius 3 is 1.96 bits per heavy atom. The molecule has 0 radical (unpaired) electrons. The van der Waals surface area contributed by atoms with Crippen LogP contribution in [-0.4, -0.2) is 41.9 Å². The smallest absolute Gasteiger partial charge is 0.189 e. The molecule has 118 valence electrons. The molecule has 0 bridgehead atoms. The van der Waals surface area contributed by atoms with E-state index in [4.69, 9.17) is 12.2 Å². The van der Waals surface area contributed by atoms with Crippen LogP contribution in [0.2, 0.25) is 0 Å².